The van der Waals surface area contributed by atoms with E-state index in [0.717, 1.165) is 18.2 Å². The summed E-state index contributed by atoms with van der Waals surface area (Å²) in [5, 5.41) is 2.43. The SMILES string of the molecule is CC(C)COC(=O)C(C)NC(=O)Cc1cc(F)cc(F)c1. The molecule has 6 heteroatoms. The Labute approximate surface area is 122 Å². The van der Waals surface area contributed by atoms with E-state index < -0.39 is 29.6 Å². The van der Waals surface area contributed by atoms with Gasteiger partial charge in [-0.25, -0.2) is 13.6 Å². The number of halogens is 2. The number of rotatable bonds is 6. The quantitative estimate of drug-likeness (QED) is 0.819. The summed E-state index contributed by atoms with van der Waals surface area (Å²) >= 11 is 0. The van der Waals surface area contributed by atoms with Crippen molar-refractivity contribution in [3.8, 4) is 0 Å². The average Bonchev–Trinajstić information content (AvgIpc) is 2.34. The summed E-state index contributed by atoms with van der Waals surface area (Å²) in [4.78, 5) is 23.3. The Bertz CT molecular complexity index is 497. The highest BCUT2D eigenvalue weighted by Crippen LogP contribution is 2.08. The van der Waals surface area contributed by atoms with Gasteiger partial charge in [0.1, 0.15) is 17.7 Å². The third-order valence-electron chi connectivity index (χ3n) is 2.58. The molecule has 1 unspecified atom stereocenters. The predicted octanol–water partition coefficient (Wildman–Crippen LogP) is 2.21. The molecule has 1 amide bonds. The van der Waals surface area contributed by atoms with Gasteiger partial charge in [-0.3, -0.25) is 4.79 Å². The van der Waals surface area contributed by atoms with Crippen molar-refractivity contribution in [2.45, 2.75) is 33.2 Å². The van der Waals surface area contributed by atoms with Crippen LogP contribution in [0, 0.1) is 17.6 Å². The van der Waals surface area contributed by atoms with Gasteiger partial charge in [-0.1, -0.05) is 13.8 Å². The van der Waals surface area contributed by atoms with E-state index in [4.69, 9.17) is 4.74 Å². The molecule has 1 rings (SSSR count). The molecule has 0 aliphatic rings. The Morgan fingerprint density at radius 2 is 1.71 bits per heavy atom. The van der Waals surface area contributed by atoms with Crippen molar-refractivity contribution in [3.63, 3.8) is 0 Å². The molecule has 1 aromatic carbocycles. The Morgan fingerprint density at radius 3 is 2.24 bits per heavy atom. The molecular weight excluding hydrogens is 280 g/mol. The van der Waals surface area contributed by atoms with Crippen molar-refractivity contribution in [2.75, 3.05) is 6.61 Å². The predicted molar refractivity (Wildman–Crippen MR) is 73.5 cm³/mol. The summed E-state index contributed by atoms with van der Waals surface area (Å²) in [6.45, 7) is 5.56. The highest BCUT2D eigenvalue weighted by molar-refractivity contribution is 5.85. The molecule has 4 nitrogen and oxygen atoms in total. The van der Waals surface area contributed by atoms with Gasteiger partial charge in [-0.2, -0.15) is 0 Å². The molecule has 0 aliphatic heterocycles. The van der Waals surface area contributed by atoms with E-state index in [0.29, 0.717) is 0 Å². The van der Waals surface area contributed by atoms with Crippen molar-refractivity contribution in [2.24, 2.45) is 5.92 Å². The topological polar surface area (TPSA) is 55.4 Å². The first-order chi connectivity index (χ1) is 9.77. The number of carbonyl (C=O) groups is 2. The fourth-order valence-corrected chi connectivity index (χ4v) is 1.62. The standard InChI is InChI=1S/C15H19F2NO3/c1-9(2)8-21-15(20)10(3)18-14(19)6-11-4-12(16)7-13(17)5-11/h4-5,7,9-10H,6,8H2,1-3H3,(H,18,19). The van der Waals surface area contributed by atoms with Crippen LogP contribution >= 0.6 is 0 Å². The smallest absolute Gasteiger partial charge is 0.328 e. The van der Waals surface area contributed by atoms with Crippen LogP contribution in [0.25, 0.3) is 0 Å². The monoisotopic (exact) mass is 299 g/mol. The Morgan fingerprint density at radius 1 is 1.14 bits per heavy atom. The summed E-state index contributed by atoms with van der Waals surface area (Å²) in [5.74, 6) is -2.34. The average molecular weight is 299 g/mol. The number of amides is 1. The molecule has 0 saturated heterocycles. The lowest BCUT2D eigenvalue weighted by molar-refractivity contribution is -0.148. The minimum atomic E-state index is -0.811. The molecule has 0 saturated carbocycles. The number of hydrogen-bond acceptors (Lipinski definition) is 3. The fourth-order valence-electron chi connectivity index (χ4n) is 1.62. The number of benzene rings is 1. The van der Waals surface area contributed by atoms with Crippen LogP contribution in [0.2, 0.25) is 0 Å². The maximum Gasteiger partial charge on any atom is 0.328 e. The highest BCUT2D eigenvalue weighted by Gasteiger charge is 2.17. The molecule has 0 bridgehead atoms. The summed E-state index contributed by atoms with van der Waals surface area (Å²) in [6, 6.07) is 2.07. The van der Waals surface area contributed by atoms with Crippen LogP contribution in [0.5, 0.6) is 0 Å². The first-order valence-corrected chi connectivity index (χ1v) is 6.69. The Hall–Kier alpha value is -1.98. The molecule has 1 N–H and O–H groups in total. The van der Waals surface area contributed by atoms with E-state index >= 15 is 0 Å². The number of ether oxygens (including phenoxy) is 1. The van der Waals surface area contributed by atoms with Crippen molar-refractivity contribution in [3.05, 3.63) is 35.4 Å². The second-order valence-electron chi connectivity index (χ2n) is 5.27. The van der Waals surface area contributed by atoms with Crippen LogP contribution in [0.15, 0.2) is 18.2 Å². The van der Waals surface area contributed by atoms with Crippen LogP contribution in [-0.4, -0.2) is 24.5 Å². The molecule has 0 fully saturated rings. The maximum atomic E-state index is 13.0. The molecule has 0 heterocycles. The summed E-state index contributed by atoms with van der Waals surface area (Å²) in [7, 11) is 0. The molecule has 0 spiro atoms. The second kappa shape index (κ2) is 7.71. The van der Waals surface area contributed by atoms with Gasteiger partial charge in [-0.05, 0) is 30.5 Å². The van der Waals surface area contributed by atoms with Crippen LogP contribution in [0.3, 0.4) is 0 Å². The zero-order valence-corrected chi connectivity index (χ0v) is 12.3. The van der Waals surface area contributed by atoms with Gasteiger partial charge in [0.2, 0.25) is 5.91 Å². The van der Waals surface area contributed by atoms with E-state index in [1.54, 1.807) is 0 Å². The summed E-state index contributed by atoms with van der Waals surface area (Å²) in [6.07, 6.45) is -0.212. The molecule has 21 heavy (non-hydrogen) atoms. The van der Waals surface area contributed by atoms with Crippen LogP contribution in [0.1, 0.15) is 26.3 Å². The largest absolute Gasteiger partial charge is 0.464 e. The number of nitrogens with one attached hydrogen (secondary N) is 1. The first-order valence-electron chi connectivity index (χ1n) is 6.69. The van der Waals surface area contributed by atoms with Gasteiger partial charge in [0, 0.05) is 6.07 Å². The normalized spacial score (nSPS) is 12.1. The lowest BCUT2D eigenvalue weighted by atomic mass is 10.1. The zero-order chi connectivity index (χ0) is 16.0. The van der Waals surface area contributed by atoms with E-state index in [1.807, 2.05) is 13.8 Å². The van der Waals surface area contributed by atoms with Crippen molar-refractivity contribution in [1.82, 2.24) is 5.32 Å². The van der Waals surface area contributed by atoms with Gasteiger partial charge >= 0.3 is 5.97 Å². The number of carbonyl (C=O) groups excluding carboxylic acids is 2. The molecule has 1 atom stereocenters. The lowest BCUT2D eigenvalue weighted by Gasteiger charge is -2.14. The van der Waals surface area contributed by atoms with Gasteiger partial charge in [0.25, 0.3) is 0 Å². The Kier molecular flexibility index (Phi) is 6.27. The summed E-state index contributed by atoms with van der Waals surface area (Å²) in [5.41, 5.74) is 0.202. The van der Waals surface area contributed by atoms with Gasteiger partial charge < -0.3 is 10.1 Å². The summed E-state index contributed by atoms with van der Waals surface area (Å²) < 4.78 is 31.0. The van der Waals surface area contributed by atoms with Crippen molar-refractivity contribution >= 4 is 11.9 Å². The van der Waals surface area contributed by atoms with E-state index in [1.165, 1.54) is 6.92 Å². The first kappa shape index (κ1) is 17.1. The van der Waals surface area contributed by atoms with Crippen LogP contribution in [-0.2, 0) is 20.7 Å². The van der Waals surface area contributed by atoms with E-state index in [9.17, 15) is 18.4 Å². The van der Waals surface area contributed by atoms with Crippen molar-refractivity contribution in [1.29, 1.82) is 0 Å². The number of hydrogen-bond donors (Lipinski definition) is 1. The van der Waals surface area contributed by atoms with E-state index in [-0.39, 0.29) is 24.5 Å². The van der Waals surface area contributed by atoms with Crippen molar-refractivity contribution < 1.29 is 23.1 Å². The third kappa shape index (κ3) is 6.33. The van der Waals surface area contributed by atoms with Gasteiger partial charge in [0.05, 0.1) is 13.0 Å². The minimum Gasteiger partial charge on any atom is -0.464 e. The molecule has 1 aromatic rings. The van der Waals surface area contributed by atoms with Crippen LogP contribution < -0.4 is 5.32 Å². The fraction of sp³-hybridized carbons (Fsp3) is 0.467. The number of esters is 1. The lowest BCUT2D eigenvalue weighted by Crippen LogP contribution is -2.40. The molecule has 0 aliphatic carbocycles. The molecule has 116 valence electrons. The maximum absolute atomic E-state index is 13.0. The van der Waals surface area contributed by atoms with Crippen LogP contribution in [0.4, 0.5) is 8.78 Å². The van der Waals surface area contributed by atoms with Gasteiger partial charge in [-0.15, -0.1) is 0 Å². The molecular formula is C15H19F2NO3. The highest BCUT2D eigenvalue weighted by atomic mass is 19.1. The second-order valence-corrected chi connectivity index (χ2v) is 5.27. The van der Waals surface area contributed by atoms with E-state index in [2.05, 4.69) is 5.32 Å². The molecule has 0 aromatic heterocycles. The Balaban J connectivity index is 2.51. The minimum absolute atomic E-state index is 0.201. The molecule has 0 radical (unpaired) electrons. The zero-order valence-electron chi connectivity index (χ0n) is 12.3. The van der Waals surface area contributed by atoms with Gasteiger partial charge in [0.15, 0.2) is 0 Å². The third-order valence-corrected chi connectivity index (χ3v) is 2.58.